The van der Waals surface area contributed by atoms with E-state index in [9.17, 15) is 18.0 Å². The Hall–Kier alpha value is -1.56. The molecule has 1 unspecified atom stereocenters. The van der Waals surface area contributed by atoms with Gasteiger partial charge in [0.2, 0.25) is 5.91 Å². The molecule has 1 saturated heterocycles. The minimum Gasteiger partial charge on any atom is -0.287 e. The Kier molecular flexibility index (Phi) is 8.56. The van der Waals surface area contributed by atoms with Gasteiger partial charge in [-0.15, -0.1) is 0 Å². The van der Waals surface area contributed by atoms with Gasteiger partial charge in [0, 0.05) is 6.54 Å². The second-order valence-corrected chi connectivity index (χ2v) is 8.86. The fraction of sp³-hybridized carbons (Fsp3) is 0.696. The van der Waals surface area contributed by atoms with Crippen molar-refractivity contribution in [2.45, 2.75) is 90.8 Å². The van der Waals surface area contributed by atoms with Gasteiger partial charge in [0.1, 0.15) is 6.04 Å². The van der Waals surface area contributed by atoms with Crippen molar-refractivity contribution in [3.63, 3.8) is 0 Å². The lowest BCUT2D eigenvalue weighted by Gasteiger charge is -2.30. The first kappa shape index (κ1) is 23.7. The average Bonchev–Trinajstić information content (AvgIpc) is 2.89. The van der Waals surface area contributed by atoms with Crippen molar-refractivity contribution in [1.82, 2.24) is 10.4 Å². The molecule has 1 aromatic carbocycles. The molecule has 6 heteroatoms. The maximum atomic E-state index is 13.7. The summed E-state index contributed by atoms with van der Waals surface area (Å²) >= 11 is 0. The van der Waals surface area contributed by atoms with Gasteiger partial charge in [0.05, 0.1) is 5.41 Å². The van der Waals surface area contributed by atoms with E-state index in [1.165, 1.54) is 38.5 Å². The molecule has 1 aliphatic rings. The number of rotatable bonds is 11. The van der Waals surface area contributed by atoms with Crippen LogP contribution in [0.15, 0.2) is 24.3 Å². The minimum absolute atomic E-state index is 0.0238. The second kappa shape index (κ2) is 10.5. The molecular formula is C23H35F3N2O. The topological polar surface area (TPSA) is 32.3 Å². The van der Waals surface area contributed by atoms with E-state index in [1.54, 1.807) is 38.1 Å². The SMILES string of the molecule is CCCCCCCCCCc1ccc(C(N2CC(C)(C)C(=O)N2)C(F)(F)F)cc1. The summed E-state index contributed by atoms with van der Waals surface area (Å²) in [6.07, 6.45) is 6.31. The van der Waals surface area contributed by atoms with Gasteiger partial charge in [-0.2, -0.15) is 13.2 Å². The summed E-state index contributed by atoms with van der Waals surface area (Å²) in [5.74, 6) is -0.377. The summed E-state index contributed by atoms with van der Waals surface area (Å²) < 4.78 is 41.2. The summed E-state index contributed by atoms with van der Waals surface area (Å²) in [4.78, 5) is 11.9. The fourth-order valence-corrected chi connectivity index (χ4v) is 3.85. The van der Waals surface area contributed by atoms with E-state index in [1.807, 2.05) is 0 Å². The molecule has 0 aromatic heterocycles. The van der Waals surface area contributed by atoms with Gasteiger partial charge in [-0.25, -0.2) is 5.01 Å². The van der Waals surface area contributed by atoms with Crippen molar-refractivity contribution >= 4 is 5.91 Å². The second-order valence-electron chi connectivity index (χ2n) is 8.86. The van der Waals surface area contributed by atoms with Crippen LogP contribution in [0.1, 0.15) is 89.3 Å². The van der Waals surface area contributed by atoms with E-state index in [4.69, 9.17) is 0 Å². The molecule has 1 atom stereocenters. The lowest BCUT2D eigenvalue weighted by atomic mass is 9.93. The lowest BCUT2D eigenvalue weighted by molar-refractivity contribution is -0.191. The number of alkyl halides is 3. The first-order valence-corrected chi connectivity index (χ1v) is 10.9. The van der Waals surface area contributed by atoms with Crippen molar-refractivity contribution in [3.8, 4) is 0 Å². The highest BCUT2D eigenvalue weighted by atomic mass is 19.4. The van der Waals surface area contributed by atoms with Gasteiger partial charge in [-0.1, -0.05) is 76.1 Å². The van der Waals surface area contributed by atoms with E-state index < -0.39 is 17.6 Å². The highest BCUT2D eigenvalue weighted by molar-refractivity contribution is 5.83. The Bertz CT molecular complexity index is 641. The highest BCUT2D eigenvalue weighted by Crippen LogP contribution is 2.40. The number of hydrogen-bond donors (Lipinski definition) is 1. The van der Waals surface area contributed by atoms with Gasteiger partial charge < -0.3 is 0 Å². The third-order valence-corrected chi connectivity index (χ3v) is 5.66. The van der Waals surface area contributed by atoms with Crippen molar-refractivity contribution in [3.05, 3.63) is 35.4 Å². The molecule has 0 spiro atoms. The van der Waals surface area contributed by atoms with Crippen LogP contribution in [0.2, 0.25) is 0 Å². The Labute approximate surface area is 173 Å². The van der Waals surface area contributed by atoms with Crippen molar-refractivity contribution < 1.29 is 18.0 Å². The van der Waals surface area contributed by atoms with Gasteiger partial charge in [0.15, 0.2) is 0 Å². The summed E-state index contributed by atoms with van der Waals surface area (Å²) in [7, 11) is 0. The smallest absolute Gasteiger partial charge is 0.287 e. The van der Waals surface area contributed by atoms with Crippen molar-refractivity contribution in [1.29, 1.82) is 0 Å². The molecule has 29 heavy (non-hydrogen) atoms. The number of unbranched alkanes of at least 4 members (excludes halogenated alkanes) is 7. The molecular weight excluding hydrogens is 377 g/mol. The van der Waals surface area contributed by atoms with Gasteiger partial charge >= 0.3 is 6.18 Å². The van der Waals surface area contributed by atoms with Crippen LogP contribution in [-0.4, -0.2) is 23.6 Å². The van der Waals surface area contributed by atoms with E-state index in [2.05, 4.69) is 12.3 Å². The Morgan fingerprint density at radius 2 is 1.55 bits per heavy atom. The maximum Gasteiger partial charge on any atom is 0.409 e. The number of carbonyl (C=O) groups is 1. The summed E-state index contributed by atoms with van der Waals surface area (Å²) in [5.41, 5.74) is 2.80. The van der Waals surface area contributed by atoms with Crippen molar-refractivity contribution in [2.24, 2.45) is 5.41 Å². The number of hydrazine groups is 1. The molecule has 0 radical (unpaired) electrons. The lowest BCUT2D eigenvalue weighted by Crippen LogP contribution is -2.43. The monoisotopic (exact) mass is 412 g/mol. The van der Waals surface area contributed by atoms with Crippen LogP contribution in [-0.2, 0) is 11.2 Å². The van der Waals surface area contributed by atoms with Crippen LogP contribution in [0.3, 0.4) is 0 Å². The predicted molar refractivity (Wildman–Crippen MR) is 110 cm³/mol. The van der Waals surface area contributed by atoms with Crippen LogP contribution in [0.4, 0.5) is 13.2 Å². The molecule has 0 bridgehead atoms. The molecule has 1 heterocycles. The predicted octanol–water partition coefficient (Wildman–Crippen LogP) is 6.35. The molecule has 1 N–H and O–H groups in total. The number of carbonyl (C=O) groups excluding carboxylic acids is 1. The van der Waals surface area contributed by atoms with E-state index in [0.717, 1.165) is 29.8 Å². The Balaban J connectivity index is 1.89. The van der Waals surface area contributed by atoms with Gasteiger partial charge in [0.25, 0.3) is 0 Å². The number of hydrogen-bond acceptors (Lipinski definition) is 2. The van der Waals surface area contributed by atoms with E-state index in [0.29, 0.717) is 0 Å². The molecule has 1 aliphatic heterocycles. The fourth-order valence-electron chi connectivity index (χ4n) is 3.85. The average molecular weight is 413 g/mol. The minimum atomic E-state index is -4.47. The zero-order valence-corrected chi connectivity index (χ0v) is 17.9. The summed E-state index contributed by atoms with van der Waals surface area (Å²) in [5, 5.41) is 1.02. The standard InChI is InChI=1S/C23H35F3N2O/c1-4-5-6-7-8-9-10-11-12-18-13-15-19(16-14-18)20(23(24,25)26)28-17-22(2,3)21(29)27-28/h13-16,20H,4-12,17H2,1-3H3,(H,27,29). The summed E-state index contributed by atoms with van der Waals surface area (Å²) in [6, 6.07) is 4.85. The molecule has 1 fully saturated rings. The number of aryl methyl sites for hydroxylation is 1. The molecule has 164 valence electrons. The largest absolute Gasteiger partial charge is 0.409 e. The maximum absolute atomic E-state index is 13.7. The van der Waals surface area contributed by atoms with Crippen LogP contribution in [0, 0.1) is 5.41 Å². The Morgan fingerprint density at radius 3 is 2.03 bits per heavy atom. The van der Waals surface area contributed by atoms with Gasteiger partial charge in [-0.05, 0) is 37.8 Å². The van der Waals surface area contributed by atoms with E-state index in [-0.39, 0.29) is 18.0 Å². The van der Waals surface area contributed by atoms with Gasteiger partial charge in [-0.3, -0.25) is 10.2 Å². The number of amides is 1. The molecule has 3 nitrogen and oxygen atoms in total. The third-order valence-electron chi connectivity index (χ3n) is 5.66. The number of halogens is 3. The first-order valence-electron chi connectivity index (χ1n) is 10.9. The van der Waals surface area contributed by atoms with Crippen LogP contribution < -0.4 is 5.43 Å². The molecule has 0 saturated carbocycles. The molecule has 0 aliphatic carbocycles. The number of nitrogens with one attached hydrogen (secondary N) is 1. The molecule has 2 rings (SSSR count). The first-order chi connectivity index (χ1) is 13.6. The highest BCUT2D eigenvalue weighted by Gasteiger charge is 2.51. The summed E-state index contributed by atoms with van der Waals surface area (Å²) in [6.45, 7) is 5.55. The number of nitrogens with zero attached hydrogens (tertiary/aromatic N) is 1. The zero-order valence-electron chi connectivity index (χ0n) is 17.9. The van der Waals surface area contributed by atoms with Crippen LogP contribution >= 0.6 is 0 Å². The molecule has 1 amide bonds. The number of benzene rings is 1. The van der Waals surface area contributed by atoms with Crippen LogP contribution in [0.25, 0.3) is 0 Å². The van der Waals surface area contributed by atoms with Crippen molar-refractivity contribution in [2.75, 3.05) is 6.54 Å². The Morgan fingerprint density at radius 1 is 1.00 bits per heavy atom. The van der Waals surface area contributed by atoms with Crippen LogP contribution in [0.5, 0.6) is 0 Å². The normalized spacial score (nSPS) is 18.1. The quantitative estimate of drug-likeness (QED) is 0.430. The molecule has 1 aromatic rings. The third kappa shape index (κ3) is 7.02. The zero-order chi connectivity index (χ0) is 21.5. The van der Waals surface area contributed by atoms with E-state index >= 15 is 0 Å².